The summed E-state index contributed by atoms with van der Waals surface area (Å²) in [5, 5.41) is 3.67. The molecule has 102 valence electrons. The zero-order valence-electron chi connectivity index (χ0n) is 11.6. The molecule has 2 heterocycles. The predicted molar refractivity (Wildman–Crippen MR) is 76.3 cm³/mol. The fourth-order valence-corrected chi connectivity index (χ4v) is 1.76. The van der Waals surface area contributed by atoms with E-state index in [9.17, 15) is 0 Å². The number of nitrogens with zero attached hydrogens (tertiary/aromatic N) is 4. The van der Waals surface area contributed by atoms with Gasteiger partial charge in [-0.05, 0) is 0 Å². The molecule has 2 aromatic heterocycles. The van der Waals surface area contributed by atoms with Gasteiger partial charge >= 0.3 is 0 Å². The molecule has 0 aliphatic carbocycles. The molecule has 19 heavy (non-hydrogen) atoms. The van der Waals surface area contributed by atoms with Crippen LogP contribution in [0.3, 0.4) is 0 Å². The van der Waals surface area contributed by atoms with E-state index in [1.165, 1.54) is 0 Å². The molecule has 0 radical (unpaired) electrons. The van der Waals surface area contributed by atoms with Crippen molar-refractivity contribution < 1.29 is 0 Å². The van der Waals surface area contributed by atoms with E-state index in [1.54, 1.807) is 12.3 Å². The zero-order valence-corrected chi connectivity index (χ0v) is 12.4. The van der Waals surface area contributed by atoms with E-state index in [2.05, 4.69) is 41.0 Å². The Morgan fingerprint density at radius 3 is 2.63 bits per heavy atom. The van der Waals surface area contributed by atoms with Crippen LogP contribution in [0.25, 0.3) is 0 Å². The zero-order chi connectivity index (χ0) is 14.0. The van der Waals surface area contributed by atoms with Gasteiger partial charge in [0.1, 0.15) is 22.6 Å². The summed E-state index contributed by atoms with van der Waals surface area (Å²) in [6, 6.07) is 1.72. The van der Waals surface area contributed by atoms with Gasteiger partial charge in [0.05, 0.1) is 6.54 Å². The maximum absolute atomic E-state index is 6.04. The third kappa shape index (κ3) is 3.44. The van der Waals surface area contributed by atoms with Crippen LogP contribution in [0.2, 0.25) is 5.15 Å². The third-order valence-electron chi connectivity index (χ3n) is 2.71. The first-order valence-electron chi connectivity index (χ1n) is 6.11. The Bertz CT molecular complexity index is 571. The van der Waals surface area contributed by atoms with Crippen molar-refractivity contribution in [3.05, 3.63) is 35.3 Å². The predicted octanol–water partition coefficient (Wildman–Crippen LogP) is 2.77. The number of anilines is 1. The Kier molecular flexibility index (Phi) is 3.75. The molecule has 0 bridgehead atoms. The van der Waals surface area contributed by atoms with Crippen molar-refractivity contribution in [1.29, 1.82) is 0 Å². The average Bonchev–Trinajstić information content (AvgIpc) is 2.70. The Morgan fingerprint density at radius 2 is 2.05 bits per heavy atom. The molecule has 0 fully saturated rings. The van der Waals surface area contributed by atoms with Gasteiger partial charge in [0.25, 0.3) is 0 Å². The number of rotatable bonds is 3. The highest BCUT2D eigenvalue weighted by Gasteiger charge is 2.18. The second kappa shape index (κ2) is 5.17. The summed E-state index contributed by atoms with van der Waals surface area (Å²) in [5.41, 5.74) is -0.134. The smallest absolute Gasteiger partial charge is 0.137 e. The number of aromatic nitrogens is 4. The molecule has 0 saturated heterocycles. The fourth-order valence-electron chi connectivity index (χ4n) is 1.58. The number of halogens is 1. The van der Waals surface area contributed by atoms with Crippen LogP contribution in [0.15, 0.2) is 18.5 Å². The van der Waals surface area contributed by atoms with Crippen molar-refractivity contribution in [2.24, 2.45) is 7.05 Å². The highest BCUT2D eigenvalue weighted by atomic mass is 35.5. The number of nitrogens with one attached hydrogen (secondary N) is 1. The van der Waals surface area contributed by atoms with Crippen LogP contribution in [0.4, 0.5) is 5.82 Å². The monoisotopic (exact) mass is 279 g/mol. The van der Waals surface area contributed by atoms with Gasteiger partial charge in [-0.1, -0.05) is 32.4 Å². The first-order valence-corrected chi connectivity index (χ1v) is 6.49. The molecule has 0 aliphatic heterocycles. The molecule has 0 unspecified atom stereocenters. The molecular weight excluding hydrogens is 262 g/mol. The first kappa shape index (κ1) is 13.8. The van der Waals surface area contributed by atoms with Crippen molar-refractivity contribution in [2.75, 3.05) is 5.32 Å². The van der Waals surface area contributed by atoms with Gasteiger partial charge in [0.2, 0.25) is 0 Å². The molecule has 0 saturated carbocycles. The van der Waals surface area contributed by atoms with E-state index in [4.69, 9.17) is 11.6 Å². The van der Waals surface area contributed by atoms with Crippen LogP contribution in [0, 0.1) is 0 Å². The lowest BCUT2D eigenvalue weighted by Gasteiger charge is -2.17. The summed E-state index contributed by atoms with van der Waals surface area (Å²) >= 11 is 6.04. The molecule has 0 amide bonds. The topological polar surface area (TPSA) is 55.6 Å². The molecule has 6 heteroatoms. The molecule has 0 aliphatic rings. The fraction of sp³-hybridized carbons (Fsp3) is 0.462. The van der Waals surface area contributed by atoms with E-state index in [1.807, 2.05) is 17.8 Å². The Morgan fingerprint density at radius 1 is 1.32 bits per heavy atom. The van der Waals surface area contributed by atoms with Crippen LogP contribution in [-0.2, 0) is 19.0 Å². The van der Waals surface area contributed by atoms with Crippen molar-refractivity contribution in [3.8, 4) is 0 Å². The maximum atomic E-state index is 6.04. The van der Waals surface area contributed by atoms with Crippen molar-refractivity contribution in [3.63, 3.8) is 0 Å². The summed E-state index contributed by atoms with van der Waals surface area (Å²) in [7, 11) is 1.96. The van der Waals surface area contributed by atoms with Gasteiger partial charge in [-0.15, -0.1) is 0 Å². The maximum Gasteiger partial charge on any atom is 0.137 e. The largest absolute Gasteiger partial charge is 0.363 e. The lowest BCUT2D eigenvalue weighted by molar-refractivity contribution is 0.546. The molecular formula is C13H18ClN5. The van der Waals surface area contributed by atoms with Crippen LogP contribution >= 0.6 is 11.6 Å². The minimum atomic E-state index is -0.134. The molecule has 0 aromatic carbocycles. The van der Waals surface area contributed by atoms with Crippen LogP contribution in [0.5, 0.6) is 0 Å². The van der Waals surface area contributed by atoms with E-state index in [0.717, 1.165) is 11.6 Å². The average molecular weight is 280 g/mol. The second-order valence-corrected chi connectivity index (χ2v) is 5.84. The first-order chi connectivity index (χ1) is 8.86. The molecule has 1 N–H and O–H groups in total. The van der Waals surface area contributed by atoms with Gasteiger partial charge < -0.3 is 9.88 Å². The SMILES string of the molecule is Cn1ccnc1CNc1cc(Cl)nc(C(C)(C)C)n1. The van der Waals surface area contributed by atoms with E-state index in [0.29, 0.717) is 17.5 Å². The van der Waals surface area contributed by atoms with Crippen LogP contribution < -0.4 is 5.32 Å². The third-order valence-corrected chi connectivity index (χ3v) is 2.91. The highest BCUT2D eigenvalue weighted by molar-refractivity contribution is 6.29. The molecule has 0 spiro atoms. The van der Waals surface area contributed by atoms with E-state index >= 15 is 0 Å². The summed E-state index contributed by atoms with van der Waals surface area (Å²) in [4.78, 5) is 13.0. The van der Waals surface area contributed by atoms with Gasteiger partial charge in [-0.3, -0.25) is 0 Å². The Hall–Kier alpha value is -1.62. The Labute approximate surface area is 118 Å². The number of hydrogen-bond acceptors (Lipinski definition) is 4. The minimum Gasteiger partial charge on any atom is -0.363 e. The quantitative estimate of drug-likeness (QED) is 0.878. The summed E-state index contributed by atoms with van der Waals surface area (Å²) < 4.78 is 1.96. The number of hydrogen-bond donors (Lipinski definition) is 1. The van der Waals surface area contributed by atoms with Gasteiger partial charge in [-0.25, -0.2) is 15.0 Å². The lowest BCUT2D eigenvalue weighted by Crippen LogP contribution is -2.17. The molecule has 2 rings (SSSR count). The highest BCUT2D eigenvalue weighted by Crippen LogP contribution is 2.22. The standard InChI is InChI=1S/C13H18ClN5/c1-13(2,3)12-17-9(14)7-10(18-12)16-8-11-15-5-6-19(11)4/h5-7H,8H2,1-4H3,(H,16,17,18). The number of aryl methyl sites for hydroxylation is 1. The van der Waals surface area contributed by atoms with Gasteiger partial charge in [0, 0.05) is 30.9 Å². The molecule has 0 atom stereocenters. The van der Waals surface area contributed by atoms with E-state index in [-0.39, 0.29) is 5.41 Å². The van der Waals surface area contributed by atoms with Crippen molar-refractivity contribution in [2.45, 2.75) is 32.7 Å². The summed E-state index contributed by atoms with van der Waals surface area (Å²) in [6.45, 7) is 6.77. The minimum absolute atomic E-state index is 0.134. The normalized spacial score (nSPS) is 11.6. The van der Waals surface area contributed by atoms with Crippen molar-refractivity contribution >= 4 is 17.4 Å². The van der Waals surface area contributed by atoms with Gasteiger partial charge in [0.15, 0.2) is 0 Å². The Balaban J connectivity index is 2.17. The number of imidazole rings is 1. The lowest BCUT2D eigenvalue weighted by atomic mass is 9.96. The molecule has 5 nitrogen and oxygen atoms in total. The summed E-state index contributed by atoms with van der Waals surface area (Å²) in [6.07, 6.45) is 3.68. The van der Waals surface area contributed by atoms with Crippen molar-refractivity contribution in [1.82, 2.24) is 19.5 Å². The van der Waals surface area contributed by atoms with Crippen LogP contribution in [-0.4, -0.2) is 19.5 Å². The molecule has 2 aromatic rings. The van der Waals surface area contributed by atoms with Crippen LogP contribution in [0.1, 0.15) is 32.4 Å². The summed E-state index contributed by atoms with van der Waals surface area (Å²) in [5.74, 6) is 2.38. The van der Waals surface area contributed by atoms with Gasteiger partial charge in [-0.2, -0.15) is 0 Å². The second-order valence-electron chi connectivity index (χ2n) is 5.46. The van der Waals surface area contributed by atoms with E-state index < -0.39 is 0 Å².